The van der Waals surface area contributed by atoms with Crippen molar-refractivity contribution < 1.29 is 0 Å². The summed E-state index contributed by atoms with van der Waals surface area (Å²) in [6.45, 7) is 4.57. The topological polar surface area (TPSA) is 3.24 Å². The summed E-state index contributed by atoms with van der Waals surface area (Å²) >= 11 is 8.47. The van der Waals surface area contributed by atoms with E-state index in [1.807, 2.05) is 6.07 Å². The van der Waals surface area contributed by atoms with Crippen LogP contribution in [0.4, 0.5) is 5.69 Å². The number of benzene rings is 1. The zero-order chi connectivity index (χ0) is 10.1. The smallest absolute Gasteiger partial charge is 0.0650 e. The van der Waals surface area contributed by atoms with E-state index in [9.17, 15) is 0 Å². The molecule has 14 heavy (non-hydrogen) atoms. The largest absolute Gasteiger partial charge is 0.370 e. The summed E-state index contributed by atoms with van der Waals surface area (Å²) < 4.78 is 1.20. The van der Waals surface area contributed by atoms with Crippen LogP contribution in [0.25, 0.3) is 0 Å². The first kappa shape index (κ1) is 10.6. The van der Waals surface area contributed by atoms with Gasteiger partial charge in [0.1, 0.15) is 0 Å². The van der Waals surface area contributed by atoms with E-state index in [2.05, 4.69) is 46.5 Å². The summed E-state index contributed by atoms with van der Waals surface area (Å²) in [5.41, 5.74) is 1.19. The number of hydrogen-bond donors (Lipinski definition) is 0. The van der Waals surface area contributed by atoms with Crippen molar-refractivity contribution in [3.63, 3.8) is 0 Å². The zero-order valence-electron chi connectivity index (χ0n) is 8.13. The normalized spacial score (nSPS) is 16.9. The summed E-state index contributed by atoms with van der Waals surface area (Å²) in [6.07, 6.45) is 1.28. The first-order chi connectivity index (χ1) is 6.70. The molecule has 1 heterocycles. The molecule has 0 atom stereocenters. The van der Waals surface area contributed by atoms with E-state index in [0.29, 0.717) is 0 Å². The molecule has 0 aliphatic carbocycles. The van der Waals surface area contributed by atoms with Crippen molar-refractivity contribution >= 4 is 39.9 Å². The van der Waals surface area contributed by atoms with Gasteiger partial charge in [0.15, 0.2) is 0 Å². The maximum absolute atomic E-state index is 6.18. The Morgan fingerprint density at radius 1 is 1.50 bits per heavy atom. The molecule has 1 aliphatic rings. The first-order valence-corrected chi connectivity index (χ1v) is 6.36. The average Bonchev–Trinajstić information content (AvgIpc) is 2.06. The van der Waals surface area contributed by atoms with Crippen molar-refractivity contribution in [1.82, 2.24) is 0 Å². The fourth-order valence-electron chi connectivity index (χ4n) is 1.76. The highest BCUT2D eigenvalue weighted by Crippen LogP contribution is 2.33. The summed E-state index contributed by atoms with van der Waals surface area (Å²) in [4.78, 5) is 2.35. The molecule has 1 aliphatic heterocycles. The highest BCUT2D eigenvalue weighted by molar-refractivity contribution is 14.1. The van der Waals surface area contributed by atoms with Gasteiger partial charge in [-0.05, 0) is 53.1 Å². The van der Waals surface area contributed by atoms with Crippen LogP contribution in [0.2, 0.25) is 5.02 Å². The molecule has 1 nitrogen and oxygen atoms in total. The van der Waals surface area contributed by atoms with Gasteiger partial charge in [0.2, 0.25) is 0 Å². The van der Waals surface area contributed by atoms with Crippen LogP contribution < -0.4 is 4.90 Å². The van der Waals surface area contributed by atoms with Gasteiger partial charge in [-0.3, -0.25) is 0 Å². The van der Waals surface area contributed by atoms with Crippen molar-refractivity contribution in [2.75, 3.05) is 18.0 Å². The monoisotopic (exact) mass is 321 g/mol. The second-order valence-corrected chi connectivity index (χ2v) is 5.43. The molecule has 0 bridgehead atoms. The third-order valence-corrected chi connectivity index (χ3v) is 3.76. The molecule has 1 aromatic carbocycles. The quantitative estimate of drug-likeness (QED) is 0.749. The molecule has 1 saturated heterocycles. The Labute approximate surface area is 104 Å². The Balaban J connectivity index is 2.11. The summed E-state index contributed by atoms with van der Waals surface area (Å²) in [6, 6.07) is 6.26. The molecule has 0 aromatic heterocycles. The minimum absolute atomic E-state index is 0.866. The predicted molar refractivity (Wildman–Crippen MR) is 70.2 cm³/mol. The van der Waals surface area contributed by atoms with Crippen LogP contribution in [0.1, 0.15) is 13.3 Å². The molecule has 1 aromatic rings. The van der Waals surface area contributed by atoms with Crippen molar-refractivity contribution in [3.8, 4) is 0 Å². The summed E-state index contributed by atoms with van der Waals surface area (Å²) in [7, 11) is 0. The molecule has 0 radical (unpaired) electrons. The van der Waals surface area contributed by atoms with Crippen LogP contribution in [0, 0.1) is 9.49 Å². The molecular weight excluding hydrogens is 308 g/mol. The van der Waals surface area contributed by atoms with Gasteiger partial charge in [0, 0.05) is 16.7 Å². The Morgan fingerprint density at radius 2 is 2.21 bits per heavy atom. The van der Waals surface area contributed by atoms with Gasteiger partial charge >= 0.3 is 0 Å². The predicted octanol–water partition coefficient (Wildman–Crippen LogP) is 3.79. The number of halogens is 2. The second-order valence-electron chi connectivity index (χ2n) is 3.77. The maximum atomic E-state index is 6.18. The van der Waals surface area contributed by atoms with E-state index < -0.39 is 0 Å². The second kappa shape index (κ2) is 4.27. The lowest BCUT2D eigenvalue weighted by atomic mass is 9.96. The molecule has 76 valence electrons. The molecular formula is C11H13ClIN. The van der Waals surface area contributed by atoms with Crippen LogP contribution in [-0.2, 0) is 0 Å². The lowest BCUT2D eigenvalue weighted by molar-refractivity contribution is 0.399. The van der Waals surface area contributed by atoms with Gasteiger partial charge in [0.05, 0.1) is 10.7 Å². The van der Waals surface area contributed by atoms with Crippen molar-refractivity contribution in [1.29, 1.82) is 0 Å². The number of anilines is 1. The molecule has 0 saturated carbocycles. The lowest BCUT2D eigenvalue weighted by Crippen LogP contribution is -2.46. The summed E-state index contributed by atoms with van der Waals surface area (Å²) in [5.74, 6) is 0.866. The zero-order valence-corrected chi connectivity index (χ0v) is 11.0. The highest BCUT2D eigenvalue weighted by Gasteiger charge is 2.26. The molecule has 0 amide bonds. The Kier molecular flexibility index (Phi) is 3.22. The minimum atomic E-state index is 0.866. The van der Waals surface area contributed by atoms with Gasteiger partial charge in [-0.1, -0.05) is 18.5 Å². The van der Waals surface area contributed by atoms with E-state index in [0.717, 1.165) is 24.0 Å². The molecule has 0 unspecified atom stereocenters. The van der Waals surface area contributed by atoms with Crippen LogP contribution in [0.5, 0.6) is 0 Å². The van der Waals surface area contributed by atoms with Gasteiger partial charge in [-0.15, -0.1) is 0 Å². The first-order valence-electron chi connectivity index (χ1n) is 4.90. The number of nitrogens with zero attached hydrogens (tertiary/aromatic N) is 1. The maximum Gasteiger partial charge on any atom is 0.0650 e. The highest BCUT2D eigenvalue weighted by atomic mass is 127. The standard InChI is InChI=1S/C11H13ClIN/c1-2-8-6-14(7-8)11-4-3-9(13)5-10(11)12/h3-5,8H,2,6-7H2,1H3. The van der Waals surface area contributed by atoms with Gasteiger partial charge < -0.3 is 4.90 Å². The molecule has 0 spiro atoms. The van der Waals surface area contributed by atoms with Gasteiger partial charge in [-0.25, -0.2) is 0 Å². The third-order valence-electron chi connectivity index (χ3n) is 2.78. The van der Waals surface area contributed by atoms with E-state index in [4.69, 9.17) is 11.6 Å². The van der Waals surface area contributed by atoms with Crippen LogP contribution in [0.15, 0.2) is 18.2 Å². The molecule has 0 N–H and O–H groups in total. The molecule has 1 fully saturated rings. The van der Waals surface area contributed by atoms with Crippen LogP contribution in [-0.4, -0.2) is 13.1 Å². The van der Waals surface area contributed by atoms with E-state index >= 15 is 0 Å². The summed E-state index contributed by atoms with van der Waals surface area (Å²) in [5, 5.41) is 0.881. The Morgan fingerprint density at radius 3 is 2.79 bits per heavy atom. The van der Waals surface area contributed by atoms with Crippen molar-refractivity contribution in [3.05, 3.63) is 26.8 Å². The van der Waals surface area contributed by atoms with E-state index in [1.54, 1.807) is 0 Å². The fourth-order valence-corrected chi connectivity index (χ4v) is 2.74. The van der Waals surface area contributed by atoms with E-state index in [1.165, 1.54) is 15.7 Å². The Hall–Kier alpha value is 0.0400. The number of hydrogen-bond acceptors (Lipinski definition) is 1. The molecule has 2 rings (SSSR count). The third kappa shape index (κ3) is 2.01. The SMILES string of the molecule is CCC1CN(c2ccc(I)cc2Cl)C1. The molecule has 3 heteroatoms. The fraction of sp³-hybridized carbons (Fsp3) is 0.455. The average molecular weight is 322 g/mol. The van der Waals surface area contributed by atoms with Crippen molar-refractivity contribution in [2.45, 2.75) is 13.3 Å². The number of rotatable bonds is 2. The lowest BCUT2D eigenvalue weighted by Gasteiger charge is -2.41. The Bertz CT molecular complexity index is 334. The van der Waals surface area contributed by atoms with E-state index in [-0.39, 0.29) is 0 Å². The van der Waals surface area contributed by atoms with Gasteiger partial charge in [0.25, 0.3) is 0 Å². The van der Waals surface area contributed by atoms with Crippen LogP contribution in [0.3, 0.4) is 0 Å². The minimum Gasteiger partial charge on any atom is -0.370 e. The van der Waals surface area contributed by atoms with Crippen LogP contribution >= 0.6 is 34.2 Å². The van der Waals surface area contributed by atoms with Crippen molar-refractivity contribution in [2.24, 2.45) is 5.92 Å². The van der Waals surface area contributed by atoms with Gasteiger partial charge in [-0.2, -0.15) is 0 Å².